The predicted molar refractivity (Wildman–Crippen MR) is 105 cm³/mol. The molecule has 0 bridgehead atoms. The van der Waals surface area contributed by atoms with Gasteiger partial charge in [0.15, 0.2) is 5.65 Å². The van der Waals surface area contributed by atoms with E-state index >= 15 is 0 Å². The Hall–Kier alpha value is -1.99. The predicted octanol–water partition coefficient (Wildman–Crippen LogP) is 3.42. The molecule has 3 aromatic heterocycles. The molecule has 1 aliphatic heterocycles. The van der Waals surface area contributed by atoms with Gasteiger partial charge in [-0.3, -0.25) is 0 Å². The Labute approximate surface area is 160 Å². The molecule has 2 N–H and O–H groups in total. The zero-order valence-corrected chi connectivity index (χ0v) is 16.3. The lowest BCUT2D eigenvalue weighted by atomic mass is 9.65. The van der Waals surface area contributed by atoms with Crippen molar-refractivity contribution in [3.05, 3.63) is 40.6 Å². The average Bonchev–Trinajstić information content (AvgIpc) is 3.23. The van der Waals surface area contributed by atoms with E-state index in [1.165, 1.54) is 25.8 Å². The second-order valence-corrected chi connectivity index (χ2v) is 8.37. The number of anilines is 1. The highest BCUT2D eigenvalue weighted by molar-refractivity contribution is 9.10. The van der Waals surface area contributed by atoms with Crippen molar-refractivity contribution in [3.63, 3.8) is 0 Å². The summed E-state index contributed by atoms with van der Waals surface area (Å²) in [4.78, 5) is 9.29. The Balaban J connectivity index is 1.39. The number of halogens is 1. The molecule has 5 rings (SSSR count). The number of rotatable bonds is 3. The van der Waals surface area contributed by atoms with Gasteiger partial charge in [0.05, 0.1) is 11.9 Å². The first-order valence-electron chi connectivity index (χ1n) is 9.08. The van der Waals surface area contributed by atoms with E-state index in [9.17, 15) is 0 Å². The third-order valence-corrected chi connectivity index (χ3v) is 6.46. The standard InChI is InChI=1S/C19H21BrN6/c1-12-7-17-22-10-15(26(17)25-18(12)20)14-3-2-4-16(24-14)23-13-8-19(9-13)5-6-21-11-19/h2-4,7,10,13,21H,5-6,8-9,11H2,1H3,(H,23,24). The van der Waals surface area contributed by atoms with Crippen LogP contribution in [0, 0.1) is 12.3 Å². The number of hydrogen-bond donors (Lipinski definition) is 2. The molecular weight excluding hydrogens is 392 g/mol. The Morgan fingerprint density at radius 2 is 2.23 bits per heavy atom. The van der Waals surface area contributed by atoms with Crippen molar-refractivity contribution >= 4 is 27.4 Å². The Morgan fingerprint density at radius 1 is 1.35 bits per heavy atom. The molecule has 0 unspecified atom stereocenters. The zero-order valence-electron chi connectivity index (χ0n) is 14.7. The molecule has 134 valence electrons. The maximum absolute atomic E-state index is 4.81. The van der Waals surface area contributed by atoms with Gasteiger partial charge in [-0.2, -0.15) is 5.10 Å². The summed E-state index contributed by atoms with van der Waals surface area (Å²) in [6.45, 7) is 4.34. The quantitative estimate of drug-likeness (QED) is 0.689. The van der Waals surface area contributed by atoms with Gasteiger partial charge in [-0.05, 0) is 77.8 Å². The fraction of sp³-hybridized carbons (Fsp3) is 0.421. The lowest BCUT2D eigenvalue weighted by Gasteiger charge is -2.45. The first kappa shape index (κ1) is 16.2. The molecule has 1 aliphatic carbocycles. The van der Waals surface area contributed by atoms with Crippen molar-refractivity contribution in [2.75, 3.05) is 18.4 Å². The van der Waals surface area contributed by atoms with Crippen LogP contribution < -0.4 is 10.6 Å². The van der Waals surface area contributed by atoms with Gasteiger partial charge < -0.3 is 10.6 Å². The Morgan fingerprint density at radius 3 is 3.04 bits per heavy atom. The van der Waals surface area contributed by atoms with Gasteiger partial charge in [0.1, 0.15) is 16.1 Å². The van der Waals surface area contributed by atoms with Crippen molar-refractivity contribution in [2.45, 2.75) is 32.2 Å². The van der Waals surface area contributed by atoms with Gasteiger partial charge in [-0.25, -0.2) is 14.5 Å². The molecule has 1 saturated carbocycles. The molecule has 7 heteroatoms. The van der Waals surface area contributed by atoms with Crippen LogP contribution in [0.4, 0.5) is 5.82 Å². The topological polar surface area (TPSA) is 67.1 Å². The first-order chi connectivity index (χ1) is 12.6. The van der Waals surface area contributed by atoms with Gasteiger partial charge in [0, 0.05) is 12.6 Å². The van der Waals surface area contributed by atoms with Crippen LogP contribution >= 0.6 is 15.9 Å². The van der Waals surface area contributed by atoms with E-state index in [1.807, 2.05) is 41.9 Å². The second kappa shape index (κ2) is 6.03. The molecule has 1 saturated heterocycles. The molecule has 3 aromatic rings. The SMILES string of the molecule is Cc1cc2ncc(-c3cccc(NC4CC5(CCNC5)C4)n3)n2nc1Br. The molecule has 0 radical (unpaired) electrons. The third-order valence-electron chi connectivity index (χ3n) is 5.68. The highest BCUT2D eigenvalue weighted by Crippen LogP contribution is 2.46. The lowest BCUT2D eigenvalue weighted by Crippen LogP contribution is -2.46. The highest BCUT2D eigenvalue weighted by Gasteiger charge is 2.45. The van der Waals surface area contributed by atoms with Crippen LogP contribution in [0.25, 0.3) is 17.0 Å². The van der Waals surface area contributed by atoms with Gasteiger partial charge in [-0.15, -0.1) is 0 Å². The van der Waals surface area contributed by atoms with E-state index in [2.05, 4.69) is 36.6 Å². The van der Waals surface area contributed by atoms with E-state index in [0.717, 1.165) is 39.6 Å². The largest absolute Gasteiger partial charge is 0.367 e. The summed E-state index contributed by atoms with van der Waals surface area (Å²) >= 11 is 3.50. The van der Waals surface area contributed by atoms with Gasteiger partial charge >= 0.3 is 0 Å². The van der Waals surface area contributed by atoms with Crippen LogP contribution in [0.3, 0.4) is 0 Å². The average molecular weight is 413 g/mol. The summed E-state index contributed by atoms with van der Waals surface area (Å²) in [6, 6.07) is 8.63. The summed E-state index contributed by atoms with van der Waals surface area (Å²) in [6.07, 6.45) is 5.61. The summed E-state index contributed by atoms with van der Waals surface area (Å²) < 4.78 is 2.66. The summed E-state index contributed by atoms with van der Waals surface area (Å²) in [5.74, 6) is 0.925. The molecule has 26 heavy (non-hydrogen) atoms. The second-order valence-electron chi connectivity index (χ2n) is 7.62. The van der Waals surface area contributed by atoms with Crippen LogP contribution in [-0.2, 0) is 0 Å². The van der Waals surface area contributed by atoms with Crippen LogP contribution in [0.5, 0.6) is 0 Å². The number of imidazole rings is 1. The summed E-state index contributed by atoms with van der Waals surface area (Å²) in [5.41, 5.74) is 4.20. The minimum atomic E-state index is 0.523. The molecule has 4 heterocycles. The van der Waals surface area contributed by atoms with Crippen LogP contribution in [-0.4, -0.2) is 38.7 Å². The van der Waals surface area contributed by atoms with Crippen LogP contribution in [0.15, 0.2) is 35.1 Å². The summed E-state index contributed by atoms with van der Waals surface area (Å²) in [5, 5.41) is 11.7. The van der Waals surface area contributed by atoms with Crippen LogP contribution in [0.2, 0.25) is 0 Å². The maximum Gasteiger partial charge on any atom is 0.154 e. The number of pyridine rings is 1. The number of fused-ring (bicyclic) bond motifs is 1. The molecule has 0 aromatic carbocycles. The molecular formula is C19H21BrN6. The van der Waals surface area contributed by atoms with Gasteiger partial charge in [0.25, 0.3) is 0 Å². The molecule has 0 atom stereocenters. The van der Waals surface area contributed by atoms with Crippen LogP contribution in [0.1, 0.15) is 24.8 Å². The highest BCUT2D eigenvalue weighted by atomic mass is 79.9. The number of aromatic nitrogens is 4. The first-order valence-corrected chi connectivity index (χ1v) is 9.87. The minimum Gasteiger partial charge on any atom is -0.367 e. The zero-order chi connectivity index (χ0) is 17.7. The number of nitrogens with zero attached hydrogens (tertiary/aromatic N) is 4. The number of nitrogens with one attached hydrogen (secondary N) is 2. The fourth-order valence-corrected chi connectivity index (χ4v) is 4.53. The molecule has 1 spiro atoms. The number of aryl methyl sites for hydroxylation is 1. The Kier molecular flexibility index (Phi) is 3.76. The third kappa shape index (κ3) is 2.70. The smallest absolute Gasteiger partial charge is 0.154 e. The molecule has 2 aliphatic rings. The lowest BCUT2D eigenvalue weighted by molar-refractivity contribution is 0.141. The van der Waals surface area contributed by atoms with Crippen molar-refractivity contribution in [1.29, 1.82) is 0 Å². The van der Waals surface area contributed by atoms with E-state index in [0.29, 0.717) is 11.5 Å². The van der Waals surface area contributed by atoms with Crippen molar-refractivity contribution in [1.82, 2.24) is 24.9 Å². The molecule has 6 nitrogen and oxygen atoms in total. The van der Waals surface area contributed by atoms with E-state index in [4.69, 9.17) is 4.98 Å². The minimum absolute atomic E-state index is 0.523. The van der Waals surface area contributed by atoms with Crippen molar-refractivity contribution < 1.29 is 0 Å². The van der Waals surface area contributed by atoms with Gasteiger partial charge in [-0.1, -0.05) is 6.07 Å². The fourth-order valence-electron chi connectivity index (χ4n) is 4.26. The normalized spacial score (nSPS) is 24.9. The van der Waals surface area contributed by atoms with E-state index in [-0.39, 0.29) is 0 Å². The van der Waals surface area contributed by atoms with Crippen molar-refractivity contribution in [2.24, 2.45) is 5.41 Å². The van der Waals surface area contributed by atoms with E-state index in [1.54, 1.807) is 0 Å². The molecule has 2 fully saturated rings. The summed E-state index contributed by atoms with van der Waals surface area (Å²) in [7, 11) is 0. The molecule has 0 amide bonds. The van der Waals surface area contributed by atoms with Gasteiger partial charge in [0.2, 0.25) is 0 Å². The monoisotopic (exact) mass is 412 g/mol. The maximum atomic E-state index is 4.81. The number of hydrogen-bond acceptors (Lipinski definition) is 5. The Bertz CT molecular complexity index is 967. The van der Waals surface area contributed by atoms with E-state index < -0.39 is 0 Å². The van der Waals surface area contributed by atoms with Crippen molar-refractivity contribution in [3.8, 4) is 11.4 Å².